The predicted octanol–water partition coefficient (Wildman–Crippen LogP) is 2.52. The molecular formula is C13H16ClN3O. The Labute approximate surface area is 111 Å². The van der Waals surface area contributed by atoms with Crippen LogP contribution in [0.25, 0.3) is 0 Å². The van der Waals surface area contributed by atoms with Crippen molar-refractivity contribution in [3.05, 3.63) is 46.2 Å². The van der Waals surface area contributed by atoms with Gasteiger partial charge in [-0.3, -0.25) is 0 Å². The van der Waals surface area contributed by atoms with Gasteiger partial charge >= 0.3 is 0 Å². The molecule has 0 aliphatic heterocycles. The number of hydrogen-bond donors (Lipinski definition) is 1. The molecule has 2 rings (SSSR count). The van der Waals surface area contributed by atoms with Crippen LogP contribution in [0, 0.1) is 6.92 Å². The van der Waals surface area contributed by atoms with E-state index in [9.17, 15) is 5.11 Å². The van der Waals surface area contributed by atoms with Crippen molar-refractivity contribution in [2.45, 2.75) is 32.9 Å². The third-order valence-electron chi connectivity index (χ3n) is 2.71. The number of hydrogen-bond acceptors (Lipinski definition) is 3. The third kappa shape index (κ3) is 2.89. The minimum absolute atomic E-state index is 0.544. The first kappa shape index (κ1) is 13.1. The van der Waals surface area contributed by atoms with Gasteiger partial charge in [0.05, 0.1) is 12.7 Å². The van der Waals surface area contributed by atoms with Crippen LogP contribution in [0.3, 0.4) is 0 Å². The Bertz CT molecular complexity index is 558. The van der Waals surface area contributed by atoms with Crippen LogP contribution in [-0.2, 0) is 12.1 Å². The molecule has 0 saturated heterocycles. The molecule has 96 valence electrons. The van der Waals surface area contributed by atoms with Crippen LogP contribution in [0.2, 0.25) is 5.02 Å². The highest BCUT2D eigenvalue weighted by atomic mass is 35.5. The first-order chi connectivity index (χ1) is 8.36. The topological polar surface area (TPSA) is 50.9 Å². The number of aryl methyl sites for hydroxylation is 1. The van der Waals surface area contributed by atoms with Gasteiger partial charge in [0.2, 0.25) is 0 Å². The zero-order chi connectivity index (χ0) is 13.3. The number of aromatic nitrogens is 3. The normalized spacial score (nSPS) is 11.8. The predicted molar refractivity (Wildman–Crippen MR) is 70.6 cm³/mol. The summed E-state index contributed by atoms with van der Waals surface area (Å²) in [6.07, 6.45) is 1.73. The highest BCUT2D eigenvalue weighted by Crippen LogP contribution is 2.20. The number of aliphatic hydroxyl groups is 1. The van der Waals surface area contributed by atoms with Crippen molar-refractivity contribution in [2.75, 3.05) is 0 Å². The maximum Gasteiger partial charge on any atom is 0.114 e. The molecule has 0 saturated carbocycles. The standard InChI is InChI=1S/C13H16ClN3O/c1-9-4-5-10(11(14)6-9)7-17-8-12(15-16-17)13(2,3)18/h4-6,8,18H,7H2,1-3H3. The summed E-state index contributed by atoms with van der Waals surface area (Å²) < 4.78 is 1.67. The monoisotopic (exact) mass is 265 g/mol. The van der Waals surface area contributed by atoms with E-state index in [1.54, 1.807) is 24.7 Å². The van der Waals surface area contributed by atoms with Gasteiger partial charge in [0.1, 0.15) is 11.3 Å². The van der Waals surface area contributed by atoms with Crippen LogP contribution in [0.4, 0.5) is 0 Å². The van der Waals surface area contributed by atoms with Gasteiger partial charge in [-0.1, -0.05) is 28.9 Å². The second kappa shape index (κ2) is 4.71. The van der Waals surface area contributed by atoms with Crippen molar-refractivity contribution >= 4 is 11.6 Å². The van der Waals surface area contributed by atoms with E-state index >= 15 is 0 Å². The van der Waals surface area contributed by atoms with Crippen LogP contribution >= 0.6 is 11.6 Å². The Morgan fingerprint density at radius 1 is 1.39 bits per heavy atom. The van der Waals surface area contributed by atoms with Gasteiger partial charge in [0.25, 0.3) is 0 Å². The Hall–Kier alpha value is -1.39. The molecule has 5 heteroatoms. The summed E-state index contributed by atoms with van der Waals surface area (Å²) in [7, 11) is 0. The van der Waals surface area contributed by atoms with Crippen LogP contribution < -0.4 is 0 Å². The van der Waals surface area contributed by atoms with Crippen molar-refractivity contribution in [2.24, 2.45) is 0 Å². The van der Waals surface area contributed by atoms with E-state index in [2.05, 4.69) is 10.3 Å². The lowest BCUT2D eigenvalue weighted by molar-refractivity contribution is 0.0737. The van der Waals surface area contributed by atoms with Crippen LogP contribution in [0.5, 0.6) is 0 Å². The van der Waals surface area contributed by atoms with Crippen molar-refractivity contribution in [1.29, 1.82) is 0 Å². The van der Waals surface area contributed by atoms with E-state index in [-0.39, 0.29) is 0 Å². The molecule has 1 N–H and O–H groups in total. The highest BCUT2D eigenvalue weighted by Gasteiger charge is 2.20. The molecule has 0 unspecified atom stereocenters. The maximum absolute atomic E-state index is 9.82. The summed E-state index contributed by atoms with van der Waals surface area (Å²) in [5.41, 5.74) is 1.68. The Morgan fingerprint density at radius 2 is 2.11 bits per heavy atom. The SMILES string of the molecule is Cc1ccc(Cn2cc(C(C)(C)O)nn2)c(Cl)c1. The summed E-state index contributed by atoms with van der Waals surface area (Å²) in [6.45, 7) is 5.90. The van der Waals surface area contributed by atoms with Gasteiger partial charge in [-0.15, -0.1) is 5.10 Å². The van der Waals surface area contributed by atoms with E-state index in [0.717, 1.165) is 16.1 Å². The molecule has 0 aliphatic carbocycles. The molecule has 0 spiro atoms. The highest BCUT2D eigenvalue weighted by molar-refractivity contribution is 6.31. The van der Waals surface area contributed by atoms with E-state index in [4.69, 9.17) is 11.6 Å². The summed E-state index contributed by atoms with van der Waals surface area (Å²) >= 11 is 6.17. The molecule has 0 aliphatic rings. The molecule has 1 heterocycles. The Morgan fingerprint density at radius 3 is 2.67 bits per heavy atom. The van der Waals surface area contributed by atoms with Gasteiger partial charge in [-0.05, 0) is 38.0 Å². The van der Waals surface area contributed by atoms with E-state index in [1.807, 2.05) is 25.1 Å². The van der Waals surface area contributed by atoms with Gasteiger partial charge < -0.3 is 5.11 Å². The fraction of sp³-hybridized carbons (Fsp3) is 0.385. The molecule has 0 bridgehead atoms. The van der Waals surface area contributed by atoms with Crippen molar-refractivity contribution < 1.29 is 5.11 Å². The minimum atomic E-state index is -0.977. The van der Waals surface area contributed by atoms with Gasteiger partial charge in [-0.25, -0.2) is 4.68 Å². The molecule has 2 aromatic rings. The third-order valence-corrected chi connectivity index (χ3v) is 3.06. The van der Waals surface area contributed by atoms with Gasteiger partial charge in [0, 0.05) is 5.02 Å². The number of halogens is 1. The molecule has 18 heavy (non-hydrogen) atoms. The van der Waals surface area contributed by atoms with E-state index in [1.165, 1.54) is 0 Å². The largest absolute Gasteiger partial charge is 0.384 e. The van der Waals surface area contributed by atoms with Crippen molar-refractivity contribution in [1.82, 2.24) is 15.0 Å². The molecule has 1 aromatic carbocycles. The number of nitrogens with zero attached hydrogens (tertiary/aromatic N) is 3. The lowest BCUT2D eigenvalue weighted by Gasteiger charge is -2.11. The quantitative estimate of drug-likeness (QED) is 0.928. The lowest BCUT2D eigenvalue weighted by atomic mass is 10.1. The Kier molecular flexibility index (Phi) is 3.41. The molecule has 0 fully saturated rings. The lowest BCUT2D eigenvalue weighted by Crippen LogP contribution is -2.15. The van der Waals surface area contributed by atoms with Crippen molar-refractivity contribution in [3.8, 4) is 0 Å². The maximum atomic E-state index is 9.82. The van der Waals surface area contributed by atoms with Crippen LogP contribution in [0.1, 0.15) is 30.7 Å². The van der Waals surface area contributed by atoms with E-state index in [0.29, 0.717) is 12.2 Å². The smallest absolute Gasteiger partial charge is 0.114 e. The average Bonchev–Trinajstić information content (AvgIpc) is 2.70. The van der Waals surface area contributed by atoms with Gasteiger partial charge in [0.15, 0.2) is 0 Å². The second-order valence-corrected chi connectivity index (χ2v) is 5.36. The first-order valence-electron chi connectivity index (χ1n) is 5.74. The average molecular weight is 266 g/mol. The van der Waals surface area contributed by atoms with E-state index < -0.39 is 5.60 Å². The second-order valence-electron chi connectivity index (χ2n) is 4.96. The zero-order valence-electron chi connectivity index (χ0n) is 10.7. The zero-order valence-corrected chi connectivity index (χ0v) is 11.4. The fourth-order valence-corrected chi connectivity index (χ4v) is 1.91. The van der Waals surface area contributed by atoms with Crippen molar-refractivity contribution in [3.63, 3.8) is 0 Å². The number of benzene rings is 1. The molecular weight excluding hydrogens is 250 g/mol. The first-order valence-corrected chi connectivity index (χ1v) is 6.12. The minimum Gasteiger partial charge on any atom is -0.384 e. The fourth-order valence-electron chi connectivity index (χ4n) is 1.61. The number of rotatable bonds is 3. The molecule has 0 radical (unpaired) electrons. The molecule has 1 aromatic heterocycles. The summed E-state index contributed by atoms with van der Waals surface area (Å²) in [6, 6.07) is 5.91. The molecule has 0 atom stereocenters. The Balaban J connectivity index is 2.21. The summed E-state index contributed by atoms with van der Waals surface area (Å²) in [5.74, 6) is 0. The molecule has 0 amide bonds. The summed E-state index contributed by atoms with van der Waals surface area (Å²) in [5, 5.41) is 18.5. The van der Waals surface area contributed by atoms with Gasteiger partial charge in [-0.2, -0.15) is 0 Å². The van der Waals surface area contributed by atoms with Crippen LogP contribution in [0.15, 0.2) is 24.4 Å². The van der Waals surface area contributed by atoms with Crippen LogP contribution in [-0.4, -0.2) is 20.1 Å². The molecule has 4 nitrogen and oxygen atoms in total. The summed E-state index contributed by atoms with van der Waals surface area (Å²) in [4.78, 5) is 0.